The average Bonchev–Trinajstić information content (AvgIpc) is 2.15. The molecule has 16 heavy (non-hydrogen) atoms. The van der Waals surface area contributed by atoms with Crippen LogP contribution in [-0.2, 0) is 10.1 Å². The fourth-order valence-corrected chi connectivity index (χ4v) is 2.11. The van der Waals surface area contributed by atoms with E-state index in [4.69, 9.17) is 10.3 Å². The molecule has 84 valence electrons. The van der Waals surface area contributed by atoms with Crippen molar-refractivity contribution in [1.29, 1.82) is 0 Å². The van der Waals surface area contributed by atoms with Crippen LogP contribution in [0.2, 0.25) is 0 Å². The number of rotatable bonds is 1. The molecule has 0 radical (unpaired) electrons. The Hall–Kier alpha value is -1.79. The lowest BCUT2D eigenvalue weighted by Crippen LogP contribution is -2.00. The third-order valence-corrected chi connectivity index (χ3v) is 3.09. The van der Waals surface area contributed by atoms with Crippen LogP contribution in [0.25, 0.3) is 10.8 Å². The van der Waals surface area contributed by atoms with Gasteiger partial charge in [-0.15, -0.1) is 0 Å². The van der Waals surface area contributed by atoms with Crippen LogP contribution >= 0.6 is 0 Å². The van der Waals surface area contributed by atoms with Crippen molar-refractivity contribution in [2.75, 3.05) is 5.73 Å². The van der Waals surface area contributed by atoms with Crippen LogP contribution in [0, 0.1) is 0 Å². The van der Waals surface area contributed by atoms with Gasteiger partial charge in [-0.3, -0.25) is 4.55 Å². The number of nitrogen functional groups attached to an aromatic ring is 1. The van der Waals surface area contributed by atoms with E-state index in [0.29, 0.717) is 10.8 Å². The Balaban J connectivity index is 2.89. The van der Waals surface area contributed by atoms with Crippen molar-refractivity contribution < 1.29 is 18.1 Å². The minimum atomic E-state index is -4.29. The highest BCUT2D eigenvalue weighted by Crippen LogP contribution is 2.32. The predicted octanol–water partition coefficient (Wildman–Crippen LogP) is 1.37. The van der Waals surface area contributed by atoms with Crippen molar-refractivity contribution in [3.8, 4) is 5.75 Å². The van der Waals surface area contributed by atoms with E-state index in [-0.39, 0.29) is 16.3 Å². The molecule has 0 spiro atoms. The van der Waals surface area contributed by atoms with Crippen molar-refractivity contribution in [3.05, 3.63) is 30.3 Å². The van der Waals surface area contributed by atoms with Crippen LogP contribution in [0.3, 0.4) is 0 Å². The Morgan fingerprint density at radius 2 is 1.88 bits per heavy atom. The van der Waals surface area contributed by atoms with Gasteiger partial charge in [0, 0.05) is 11.1 Å². The molecule has 5 nitrogen and oxygen atoms in total. The summed E-state index contributed by atoms with van der Waals surface area (Å²) in [5.74, 6) is -0.0307. The average molecular weight is 239 g/mol. The zero-order valence-corrected chi connectivity index (χ0v) is 8.90. The van der Waals surface area contributed by atoms with Gasteiger partial charge in [-0.1, -0.05) is 12.1 Å². The lowest BCUT2D eigenvalue weighted by Gasteiger charge is -2.06. The van der Waals surface area contributed by atoms with Crippen LogP contribution in [0.4, 0.5) is 5.69 Å². The van der Waals surface area contributed by atoms with Gasteiger partial charge in [0.25, 0.3) is 10.1 Å². The number of phenolic OH excluding ortho intramolecular Hbond substituents is 1. The first-order valence-corrected chi connectivity index (χ1v) is 5.82. The Bertz CT molecular complexity index is 664. The van der Waals surface area contributed by atoms with E-state index in [1.54, 1.807) is 12.1 Å². The molecule has 0 heterocycles. The summed E-state index contributed by atoms with van der Waals surface area (Å²) in [5, 5.41) is 10.4. The molecule has 0 fully saturated rings. The van der Waals surface area contributed by atoms with Gasteiger partial charge >= 0.3 is 0 Å². The van der Waals surface area contributed by atoms with Crippen LogP contribution < -0.4 is 5.73 Å². The van der Waals surface area contributed by atoms with Crippen LogP contribution in [-0.4, -0.2) is 18.1 Å². The Labute approximate surface area is 91.9 Å². The smallest absolute Gasteiger partial charge is 0.294 e. The molecule has 2 aromatic rings. The molecular weight excluding hydrogens is 230 g/mol. The highest BCUT2D eigenvalue weighted by molar-refractivity contribution is 7.85. The molecule has 0 bridgehead atoms. The first kappa shape index (κ1) is 10.7. The van der Waals surface area contributed by atoms with Crippen molar-refractivity contribution >= 4 is 26.6 Å². The second-order valence-corrected chi connectivity index (χ2v) is 4.78. The SMILES string of the molecule is Nc1cc(S(=O)(=O)O)cc2cccc(O)c12. The van der Waals surface area contributed by atoms with Gasteiger partial charge in [0.2, 0.25) is 0 Å². The number of nitrogens with two attached hydrogens (primary N) is 1. The molecule has 0 saturated heterocycles. The Morgan fingerprint density at radius 3 is 2.50 bits per heavy atom. The molecular formula is C10H9NO4S. The number of phenols is 1. The van der Waals surface area contributed by atoms with Gasteiger partial charge in [0.15, 0.2) is 0 Å². The first-order chi connectivity index (χ1) is 7.39. The maximum absolute atomic E-state index is 11.0. The van der Waals surface area contributed by atoms with E-state index < -0.39 is 10.1 Å². The first-order valence-electron chi connectivity index (χ1n) is 4.38. The van der Waals surface area contributed by atoms with Crippen molar-refractivity contribution in [3.63, 3.8) is 0 Å². The van der Waals surface area contributed by atoms with Gasteiger partial charge < -0.3 is 10.8 Å². The second-order valence-electron chi connectivity index (χ2n) is 3.36. The lowest BCUT2D eigenvalue weighted by atomic mass is 10.1. The number of fused-ring (bicyclic) bond motifs is 1. The van der Waals surface area contributed by atoms with E-state index in [1.807, 2.05) is 0 Å². The third-order valence-electron chi connectivity index (χ3n) is 2.26. The number of hydrogen-bond donors (Lipinski definition) is 3. The van der Waals surface area contributed by atoms with Crippen molar-refractivity contribution in [1.82, 2.24) is 0 Å². The summed E-state index contributed by atoms with van der Waals surface area (Å²) >= 11 is 0. The normalized spacial score (nSPS) is 11.8. The minimum Gasteiger partial charge on any atom is -0.507 e. The molecule has 0 aromatic heterocycles. The van der Waals surface area contributed by atoms with Crippen molar-refractivity contribution in [2.45, 2.75) is 4.90 Å². The fraction of sp³-hybridized carbons (Fsp3) is 0. The van der Waals surface area contributed by atoms with E-state index in [9.17, 15) is 13.5 Å². The minimum absolute atomic E-state index is 0.0307. The second kappa shape index (κ2) is 3.36. The van der Waals surface area contributed by atoms with Gasteiger partial charge in [-0.05, 0) is 23.6 Å². The summed E-state index contributed by atoms with van der Waals surface area (Å²) in [7, 11) is -4.29. The summed E-state index contributed by atoms with van der Waals surface area (Å²) in [6.07, 6.45) is 0. The monoisotopic (exact) mass is 239 g/mol. The summed E-state index contributed by atoms with van der Waals surface area (Å²) < 4.78 is 30.8. The summed E-state index contributed by atoms with van der Waals surface area (Å²) in [6, 6.07) is 6.97. The number of hydrogen-bond acceptors (Lipinski definition) is 4. The molecule has 2 aromatic carbocycles. The zero-order chi connectivity index (χ0) is 11.9. The summed E-state index contributed by atoms with van der Waals surface area (Å²) in [6.45, 7) is 0. The number of benzene rings is 2. The van der Waals surface area contributed by atoms with E-state index in [0.717, 1.165) is 6.07 Å². The van der Waals surface area contributed by atoms with Gasteiger partial charge in [-0.25, -0.2) is 0 Å². The van der Waals surface area contributed by atoms with E-state index in [2.05, 4.69) is 0 Å². The van der Waals surface area contributed by atoms with Gasteiger partial charge in [-0.2, -0.15) is 8.42 Å². The van der Waals surface area contributed by atoms with Gasteiger partial charge in [0.05, 0.1) is 4.90 Å². The maximum Gasteiger partial charge on any atom is 0.294 e. The molecule has 0 unspecified atom stereocenters. The lowest BCUT2D eigenvalue weighted by molar-refractivity contribution is 0.480. The standard InChI is InChI=1S/C10H9NO4S/c11-8-5-7(16(13,14)15)4-6-2-1-3-9(12)10(6)8/h1-5,12H,11H2,(H,13,14,15). The van der Waals surface area contributed by atoms with Crippen LogP contribution in [0.15, 0.2) is 35.2 Å². The molecule has 0 saturated carbocycles. The van der Waals surface area contributed by atoms with Crippen LogP contribution in [0.1, 0.15) is 0 Å². The highest BCUT2D eigenvalue weighted by atomic mass is 32.2. The molecule has 0 atom stereocenters. The molecule has 2 rings (SSSR count). The summed E-state index contributed by atoms with van der Waals surface area (Å²) in [5.41, 5.74) is 5.72. The molecule has 4 N–H and O–H groups in total. The molecule has 0 aliphatic rings. The molecule has 6 heteroatoms. The predicted molar refractivity (Wildman–Crippen MR) is 59.8 cm³/mol. The molecule has 0 amide bonds. The third kappa shape index (κ3) is 1.68. The Morgan fingerprint density at radius 1 is 1.19 bits per heavy atom. The largest absolute Gasteiger partial charge is 0.507 e. The molecule has 0 aliphatic heterocycles. The fourth-order valence-electron chi connectivity index (χ4n) is 1.56. The quantitative estimate of drug-likeness (QED) is 0.515. The summed E-state index contributed by atoms with van der Waals surface area (Å²) in [4.78, 5) is -0.289. The Kier molecular flexibility index (Phi) is 2.25. The van der Waals surface area contributed by atoms with Crippen molar-refractivity contribution in [2.24, 2.45) is 0 Å². The number of anilines is 1. The zero-order valence-electron chi connectivity index (χ0n) is 8.08. The van der Waals surface area contributed by atoms with E-state index in [1.165, 1.54) is 12.1 Å². The topological polar surface area (TPSA) is 101 Å². The molecule has 0 aliphatic carbocycles. The number of aromatic hydroxyl groups is 1. The highest BCUT2D eigenvalue weighted by Gasteiger charge is 2.13. The van der Waals surface area contributed by atoms with E-state index >= 15 is 0 Å². The maximum atomic E-state index is 11.0. The van der Waals surface area contributed by atoms with Gasteiger partial charge in [0.1, 0.15) is 5.75 Å². The van der Waals surface area contributed by atoms with Crippen LogP contribution in [0.5, 0.6) is 5.75 Å².